The molecule has 39 heavy (non-hydrogen) atoms. The Labute approximate surface area is 225 Å². The van der Waals surface area contributed by atoms with Gasteiger partial charge in [-0.25, -0.2) is 4.98 Å². The van der Waals surface area contributed by atoms with Crippen LogP contribution < -0.4 is 20.5 Å². The van der Waals surface area contributed by atoms with E-state index < -0.39 is 17.6 Å². The standard InChI is InChI=1S/C29H22F3N3O3S/c1-37-18-11-7-16(8-12-18)20-15-23(17-9-13-19(38-2)14-10-17)35-28-24(20)25(33)26(39-28)27(36)34-22-6-4-3-5-21(22)29(30,31)32/h3-15H,33H2,1-2H3,(H,34,36). The van der Waals surface area contributed by atoms with E-state index in [1.165, 1.54) is 18.2 Å². The van der Waals surface area contributed by atoms with Crippen LogP contribution in [0.4, 0.5) is 24.5 Å². The van der Waals surface area contributed by atoms with Gasteiger partial charge in [0.05, 0.1) is 36.9 Å². The average molecular weight is 550 g/mol. The van der Waals surface area contributed by atoms with Crippen molar-refractivity contribution in [3.8, 4) is 33.9 Å². The summed E-state index contributed by atoms with van der Waals surface area (Å²) in [7, 11) is 3.15. The number of anilines is 2. The number of aromatic nitrogens is 1. The zero-order valence-corrected chi connectivity index (χ0v) is 21.6. The fraction of sp³-hybridized carbons (Fsp3) is 0.103. The summed E-state index contributed by atoms with van der Waals surface area (Å²) in [5, 5.41) is 2.92. The minimum absolute atomic E-state index is 0.0659. The first-order valence-corrected chi connectivity index (χ1v) is 12.5. The van der Waals surface area contributed by atoms with Gasteiger partial charge in [-0.05, 0) is 65.7 Å². The highest BCUT2D eigenvalue weighted by atomic mass is 32.1. The third kappa shape index (κ3) is 5.10. The van der Waals surface area contributed by atoms with E-state index in [0.717, 1.165) is 34.1 Å². The number of benzene rings is 3. The van der Waals surface area contributed by atoms with Crippen LogP contribution in [0.5, 0.6) is 11.5 Å². The Morgan fingerprint density at radius 2 is 1.49 bits per heavy atom. The third-order valence-corrected chi connectivity index (χ3v) is 7.27. The van der Waals surface area contributed by atoms with E-state index in [1.54, 1.807) is 26.4 Å². The number of carbonyl (C=O) groups is 1. The number of fused-ring (bicyclic) bond motifs is 1. The highest BCUT2D eigenvalue weighted by molar-refractivity contribution is 7.21. The lowest BCUT2D eigenvalue weighted by molar-refractivity contribution is -0.136. The van der Waals surface area contributed by atoms with E-state index in [-0.39, 0.29) is 16.3 Å². The molecule has 0 aliphatic rings. The van der Waals surface area contributed by atoms with Crippen molar-refractivity contribution in [3.05, 3.63) is 89.3 Å². The van der Waals surface area contributed by atoms with Crippen LogP contribution in [0, 0.1) is 0 Å². The van der Waals surface area contributed by atoms with Crippen LogP contribution in [0.25, 0.3) is 32.6 Å². The van der Waals surface area contributed by atoms with Gasteiger partial charge in [0.25, 0.3) is 5.91 Å². The Morgan fingerprint density at radius 1 is 0.897 bits per heavy atom. The summed E-state index contributed by atoms with van der Waals surface area (Å²) in [5.74, 6) is 0.605. The molecule has 0 atom stereocenters. The molecule has 5 rings (SSSR count). The van der Waals surface area contributed by atoms with Gasteiger partial charge in [-0.3, -0.25) is 4.79 Å². The number of nitrogens with zero attached hydrogens (tertiary/aromatic N) is 1. The fourth-order valence-corrected chi connectivity index (χ4v) is 5.23. The van der Waals surface area contributed by atoms with Crippen molar-refractivity contribution >= 4 is 38.8 Å². The Morgan fingerprint density at radius 3 is 2.08 bits per heavy atom. The van der Waals surface area contributed by atoms with Crippen molar-refractivity contribution in [1.82, 2.24) is 4.98 Å². The van der Waals surface area contributed by atoms with Gasteiger partial charge in [-0.2, -0.15) is 13.2 Å². The second-order valence-electron chi connectivity index (χ2n) is 8.53. The molecule has 0 aliphatic heterocycles. The van der Waals surface area contributed by atoms with Gasteiger partial charge in [0, 0.05) is 10.9 Å². The number of nitrogens with two attached hydrogens (primary N) is 1. The van der Waals surface area contributed by atoms with E-state index in [2.05, 4.69) is 5.32 Å². The van der Waals surface area contributed by atoms with Gasteiger partial charge in [0.1, 0.15) is 21.2 Å². The summed E-state index contributed by atoms with van der Waals surface area (Å²) < 4.78 is 51.0. The van der Waals surface area contributed by atoms with Crippen LogP contribution >= 0.6 is 11.3 Å². The number of methoxy groups -OCH3 is 2. The van der Waals surface area contributed by atoms with Crippen LogP contribution in [0.1, 0.15) is 15.2 Å². The Kier molecular flexibility index (Phi) is 6.88. The molecule has 0 saturated carbocycles. The normalized spacial score (nSPS) is 11.4. The maximum atomic E-state index is 13.5. The molecule has 0 unspecified atom stereocenters. The van der Waals surface area contributed by atoms with Gasteiger partial charge in [-0.15, -0.1) is 11.3 Å². The average Bonchev–Trinajstić information content (AvgIpc) is 3.28. The highest BCUT2D eigenvalue weighted by Gasteiger charge is 2.34. The molecule has 2 heterocycles. The highest BCUT2D eigenvalue weighted by Crippen LogP contribution is 2.42. The number of para-hydroxylation sites is 1. The number of alkyl halides is 3. The van der Waals surface area contributed by atoms with Crippen LogP contribution in [0.3, 0.4) is 0 Å². The molecular formula is C29H22F3N3O3S. The van der Waals surface area contributed by atoms with Crippen molar-refractivity contribution in [2.75, 3.05) is 25.3 Å². The van der Waals surface area contributed by atoms with E-state index in [0.29, 0.717) is 27.4 Å². The maximum absolute atomic E-state index is 13.5. The lowest BCUT2D eigenvalue weighted by Gasteiger charge is -2.13. The SMILES string of the molecule is COc1ccc(-c2cc(-c3ccc(OC)cc3)c3c(N)c(C(=O)Nc4ccccc4C(F)(F)F)sc3n2)cc1. The molecule has 2 aromatic heterocycles. The maximum Gasteiger partial charge on any atom is 0.418 e. The molecule has 0 radical (unpaired) electrons. The lowest BCUT2D eigenvalue weighted by atomic mass is 9.99. The Balaban J connectivity index is 1.64. The molecule has 5 aromatic rings. The number of nitrogens with one attached hydrogen (secondary N) is 1. The molecule has 3 aromatic carbocycles. The molecule has 0 spiro atoms. The number of hydrogen-bond acceptors (Lipinski definition) is 6. The molecule has 6 nitrogen and oxygen atoms in total. The van der Waals surface area contributed by atoms with Crippen LogP contribution in [0.15, 0.2) is 78.9 Å². The number of nitrogen functional groups attached to an aromatic ring is 1. The summed E-state index contributed by atoms with van der Waals surface area (Å²) in [6.45, 7) is 0. The van der Waals surface area contributed by atoms with E-state index in [1.807, 2.05) is 42.5 Å². The molecule has 1 amide bonds. The number of thiophene rings is 1. The molecule has 198 valence electrons. The minimum Gasteiger partial charge on any atom is -0.497 e. The topological polar surface area (TPSA) is 86.5 Å². The van der Waals surface area contributed by atoms with Crippen LogP contribution in [-0.4, -0.2) is 25.1 Å². The summed E-state index contributed by atoms with van der Waals surface area (Å²) in [4.78, 5) is 18.5. The van der Waals surface area contributed by atoms with Gasteiger partial charge >= 0.3 is 6.18 Å². The molecule has 0 fully saturated rings. The number of ether oxygens (including phenoxy) is 2. The second kappa shape index (κ2) is 10.3. The Bertz CT molecular complexity index is 1660. The number of amides is 1. The first-order valence-electron chi connectivity index (χ1n) is 11.7. The van der Waals surface area contributed by atoms with E-state index in [9.17, 15) is 18.0 Å². The molecule has 0 bridgehead atoms. The second-order valence-corrected chi connectivity index (χ2v) is 9.53. The number of carbonyl (C=O) groups excluding carboxylic acids is 1. The minimum atomic E-state index is -4.63. The molecular weight excluding hydrogens is 527 g/mol. The molecule has 10 heteroatoms. The van der Waals surface area contributed by atoms with Gasteiger partial charge in [0.2, 0.25) is 0 Å². The van der Waals surface area contributed by atoms with Gasteiger partial charge in [0.15, 0.2) is 0 Å². The molecule has 3 N–H and O–H groups in total. The summed E-state index contributed by atoms with van der Waals surface area (Å²) in [6, 6.07) is 21.4. The Hall–Kier alpha value is -4.57. The quantitative estimate of drug-likeness (QED) is 0.229. The predicted molar refractivity (Wildman–Crippen MR) is 147 cm³/mol. The largest absolute Gasteiger partial charge is 0.497 e. The van der Waals surface area contributed by atoms with Crippen molar-refractivity contribution in [3.63, 3.8) is 0 Å². The fourth-order valence-electron chi connectivity index (χ4n) is 4.22. The zero-order valence-electron chi connectivity index (χ0n) is 20.8. The van der Waals surface area contributed by atoms with E-state index >= 15 is 0 Å². The predicted octanol–water partition coefficient (Wildman–Crippen LogP) is 7.50. The van der Waals surface area contributed by atoms with Gasteiger partial charge < -0.3 is 20.5 Å². The third-order valence-electron chi connectivity index (χ3n) is 6.17. The lowest BCUT2D eigenvalue weighted by Crippen LogP contribution is -2.16. The van der Waals surface area contributed by atoms with Crippen molar-refractivity contribution < 1.29 is 27.4 Å². The van der Waals surface area contributed by atoms with Crippen LogP contribution in [0.2, 0.25) is 0 Å². The number of hydrogen-bond donors (Lipinski definition) is 2. The number of halogens is 3. The smallest absolute Gasteiger partial charge is 0.418 e. The first kappa shape index (κ1) is 26.1. The summed E-state index contributed by atoms with van der Waals surface area (Å²) >= 11 is 1.02. The molecule has 0 saturated heterocycles. The van der Waals surface area contributed by atoms with Crippen molar-refractivity contribution in [2.24, 2.45) is 0 Å². The monoisotopic (exact) mass is 549 g/mol. The molecule has 0 aliphatic carbocycles. The van der Waals surface area contributed by atoms with Crippen LogP contribution in [-0.2, 0) is 6.18 Å². The first-order chi connectivity index (χ1) is 18.7. The number of pyridine rings is 1. The summed E-state index contributed by atoms with van der Waals surface area (Å²) in [6.07, 6.45) is -4.63. The summed E-state index contributed by atoms with van der Waals surface area (Å²) in [5.41, 5.74) is 8.28. The van der Waals surface area contributed by atoms with E-state index in [4.69, 9.17) is 20.2 Å². The van der Waals surface area contributed by atoms with Crippen molar-refractivity contribution in [2.45, 2.75) is 6.18 Å². The zero-order chi connectivity index (χ0) is 27.7. The van der Waals surface area contributed by atoms with Crippen molar-refractivity contribution in [1.29, 1.82) is 0 Å². The number of rotatable bonds is 6. The van der Waals surface area contributed by atoms with Gasteiger partial charge in [-0.1, -0.05) is 24.3 Å².